The highest BCUT2D eigenvalue weighted by molar-refractivity contribution is 6.31. The first-order chi connectivity index (χ1) is 15.0. The second kappa shape index (κ2) is 9.71. The number of aryl methyl sites for hydroxylation is 1. The normalized spacial score (nSPS) is 16.5. The lowest BCUT2D eigenvalue weighted by Gasteiger charge is -2.32. The van der Waals surface area contributed by atoms with Gasteiger partial charge in [0.2, 0.25) is 5.91 Å². The van der Waals surface area contributed by atoms with Crippen molar-refractivity contribution in [1.82, 2.24) is 14.8 Å². The lowest BCUT2D eigenvalue weighted by atomic mass is 10.0. The molecule has 0 spiro atoms. The highest BCUT2D eigenvalue weighted by Crippen LogP contribution is 2.27. The summed E-state index contributed by atoms with van der Waals surface area (Å²) in [6.45, 7) is 3.95. The minimum atomic E-state index is -0.347. The van der Waals surface area contributed by atoms with Gasteiger partial charge < -0.3 is 9.73 Å². The summed E-state index contributed by atoms with van der Waals surface area (Å²) < 4.78 is 7.08. The maximum Gasteiger partial charge on any atom is 0.420 e. The number of aromatic nitrogens is 1. The molecular formula is C24H28ClN3O3. The van der Waals surface area contributed by atoms with Crippen LogP contribution < -0.4 is 11.1 Å². The minimum absolute atomic E-state index is 0.0522. The molecule has 1 N–H and O–H groups in total. The summed E-state index contributed by atoms with van der Waals surface area (Å²) >= 11 is 6.11. The minimum Gasteiger partial charge on any atom is -0.408 e. The second-order valence-corrected chi connectivity index (χ2v) is 8.79. The zero-order valence-electron chi connectivity index (χ0n) is 17.7. The van der Waals surface area contributed by atoms with Gasteiger partial charge in [0.05, 0.1) is 12.1 Å². The number of nitrogens with zero attached hydrogens (tertiary/aromatic N) is 2. The van der Waals surface area contributed by atoms with Crippen molar-refractivity contribution in [1.29, 1.82) is 0 Å². The van der Waals surface area contributed by atoms with Crippen molar-refractivity contribution in [2.45, 2.75) is 44.7 Å². The molecule has 1 amide bonds. The molecule has 1 fully saturated rings. The van der Waals surface area contributed by atoms with Crippen LogP contribution in [0.1, 0.15) is 37.8 Å². The molecule has 31 heavy (non-hydrogen) atoms. The first kappa shape index (κ1) is 21.7. The van der Waals surface area contributed by atoms with Gasteiger partial charge in [-0.1, -0.05) is 41.9 Å². The molecule has 7 heteroatoms. The van der Waals surface area contributed by atoms with E-state index in [2.05, 4.69) is 29.3 Å². The summed E-state index contributed by atoms with van der Waals surface area (Å²) in [4.78, 5) is 27.0. The van der Waals surface area contributed by atoms with E-state index in [4.69, 9.17) is 16.0 Å². The summed E-state index contributed by atoms with van der Waals surface area (Å²) in [7, 11) is 0. The van der Waals surface area contributed by atoms with E-state index in [9.17, 15) is 9.59 Å². The van der Waals surface area contributed by atoms with E-state index < -0.39 is 0 Å². The molecule has 1 aliphatic heterocycles. The van der Waals surface area contributed by atoms with Crippen LogP contribution in [0.2, 0.25) is 5.02 Å². The highest BCUT2D eigenvalue weighted by Gasteiger charge is 2.25. The summed E-state index contributed by atoms with van der Waals surface area (Å²) in [6.07, 6.45) is 3.44. The average Bonchev–Trinajstić information content (AvgIpc) is 3.08. The number of hydrogen-bond acceptors (Lipinski definition) is 4. The SMILES string of the molecule is C[C@H](CCc1ccccc1)NC(=O)CN1CCC(n2c(=O)oc3ccc(Cl)cc32)CC1. The van der Waals surface area contributed by atoms with E-state index in [0.717, 1.165) is 44.3 Å². The Balaban J connectivity index is 1.26. The summed E-state index contributed by atoms with van der Waals surface area (Å²) in [5.74, 6) is -0.294. The third kappa shape index (κ3) is 5.38. The smallest absolute Gasteiger partial charge is 0.408 e. The molecule has 2 aromatic carbocycles. The Bertz CT molecular complexity index is 1080. The number of fused-ring (bicyclic) bond motifs is 1. The fourth-order valence-electron chi connectivity index (χ4n) is 4.31. The van der Waals surface area contributed by atoms with Crippen molar-refractivity contribution in [3.8, 4) is 0 Å². The Labute approximate surface area is 186 Å². The predicted molar refractivity (Wildman–Crippen MR) is 123 cm³/mol. The van der Waals surface area contributed by atoms with Crippen LogP contribution in [0.5, 0.6) is 0 Å². The third-order valence-electron chi connectivity index (χ3n) is 5.98. The van der Waals surface area contributed by atoms with Gasteiger partial charge in [-0.2, -0.15) is 0 Å². The molecule has 2 heterocycles. The summed E-state index contributed by atoms with van der Waals surface area (Å²) in [5, 5.41) is 3.69. The molecular weight excluding hydrogens is 414 g/mol. The molecule has 1 saturated heterocycles. The fraction of sp³-hybridized carbons (Fsp3) is 0.417. The number of rotatable bonds is 7. The van der Waals surface area contributed by atoms with E-state index in [0.29, 0.717) is 17.2 Å². The lowest BCUT2D eigenvalue weighted by Crippen LogP contribution is -2.44. The van der Waals surface area contributed by atoms with Gasteiger partial charge in [-0.25, -0.2) is 4.79 Å². The maximum atomic E-state index is 12.5. The van der Waals surface area contributed by atoms with E-state index in [1.54, 1.807) is 22.8 Å². The van der Waals surface area contributed by atoms with Crippen molar-refractivity contribution in [2.24, 2.45) is 0 Å². The average molecular weight is 442 g/mol. The van der Waals surface area contributed by atoms with Crippen LogP contribution in [0.15, 0.2) is 57.7 Å². The molecule has 0 unspecified atom stereocenters. The van der Waals surface area contributed by atoms with Crippen LogP contribution in [0.3, 0.4) is 0 Å². The molecule has 6 nitrogen and oxygen atoms in total. The van der Waals surface area contributed by atoms with Gasteiger partial charge in [0.25, 0.3) is 0 Å². The number of likely N-dealkylation sites (tertiary alicyclic amines) is 1. The molecule has 1 aromatic heterocycles. The van der Waals surface area contributed by atoms with Gasteiger partial charge in [-0.3, -0.25) is 14.3 Å². The van der Waals surface area contributed by atoms with E-state index in [1.165, 1.54) is 5.56 Å². The predicted octanol–water partition coefficient (Wildman–Crippen LogP) is 4.02. The number of amides is 1. The zero-order chi connectivity index (χ0) is 21.8. The molecule has 0 radical (unpaired) electrons. The summed E-state index contributed by atoms with van der Waals surface area (Å²) in [5.41, 5.74) is 2.58. The van der Waals surface area contributed by atoms with Gasteiger partial charge in [-0.05, 0) is 56.4 Å². The number of hydrogen-bond donors (Lipinski definition) is 1. The second-order valence-electron chi connectivity index (χ2n) is 8.35. The number of halogens is 1. The molecule has 164 valence electrons. The van der Waals surface area contributed by atoms with Gasteiger partial charge in [-0.15, -0.1) is 0 Å². The number of piperidine rings is 1. The Hall–Kier alpha value is -2.57. The Morgan fingerprint density at radius 2 is 1.94 bits per heavy atom. The molecule has 3 aromatic rings. The van der Waals surface area contributed by atoms with E-state index >= 15 is 0 Å². The van der Waals surface area contributed by atoms with E-state index in [-0.39, 0.29) is 23.7 Å². The number of benzene rings is 2. The topological polar surface area (TPSA) is 67.5 Å². The third-order valence-corrected chi connectivity index (χ3v) is 6.22. The van der Waals surface area contributed by atoms with Crippen molar-refractivity contribution in [2.75, 3.05) is 19.6 Å². The van der Waals surface area contributed by atoms with Crippen LogP contribution in [-0.4, -0.2) is 41.1 Å². The number of nitrogens with one attached hydrogen (secondary N) is 1. The van der Waals surface area contributed by atoms with Gasteiger partial charge in [0, 0.05) is 30.2 Å². The Morgan fingerprint density at radius 1 is 1.19 bits per heavy atom. The molecule has 0 bridgehead atoms. The van der Waals surface area contributed by atoms with Crippen LogP contribution >= 0.6 is 11.6 Å². The van der Waals surface area contributed by atoms with Gasteiger partial charge in [0.1, 0.15) is 0 Å². The van der Waals surface area contributed by atoms with Gasteiger partial charge >= 0.3 is 5.76 Å². The number of carbonyl (C=O) groups is 1. The first-order valence-electron chi connectivity index (χ1n) is 10.9. The van der Waals surface area contributed by atoms with Crippen LogP contribution in [-0.2, 0) is 11.2 Å². The van der Waals surface area contributed by atoms with Crippen molar-refractivity contribution >= 4 is 28.6 Å². The van der Waals surface area contributed by atoms with Crippen LogP contribution in [0.25, 0.3) is 11.1 Å². The summed E-state index contributed by atoms with van der Waals surface area (Å²) in [6, 6.07) is 15.7. The van der Waals surface area contributed by atoms with Crippen molar-refractivity contribution in [3.63, 3.8) is 0 Å². The standard InChI is InChI=1S/C24H28ClN3O3/c1-17(7-8-18-5-3-2-4-6-18)26-23(29)16-27-13-11-20(12-14-27)28-21-15-19(25)9-10-22(21)31-24(28)30/h2-6,9-10,15,17,20H,7-8,11-14,16H2,1H3,(H,26,29)/t17-/m1/s1. The number of oxazole rings is 1. The molecule has 1 atom stereocenters. The molecule has 1 aliphatic rings. The number of carbonyl (C=O) groups excluding carboxylic acids is 1. The monoisotopic (exact) mass is 441 g/mol. The van der Waals surface area contributed by atoms with Gasteiger partial charge in [0.15, 0.2) is 5.58 Å². The van der Waals surface area contributed by atoms with Crippen molar-refractivity contribution < 1.29 is 9.21 Å². The molecule has 0 saturated carbocycles. The van der Waals surface area contributed by atoms with Crippen LogP contribution in [0, 0.1) is 0 Å². The zero-order valence-corrected chi connectivity index (χ0v) is 18.5. The quantitative estimate of drug-likeness (QED) is 0.601. The molecule has 0 aliphatic carbocycles. The van der Waals surface area contributed by atoms with Crippen molar-refractivity contribution in [3.05, 3.63) is 69.7 Å². The Morgan fingerprint density at radius 3 is 2.68 bits per heavy atom. The molecule has 4 rings (SSSR count). The fourth-order valence-corrected chi connectivity index (χ4v) is 4.48. The maximum absolute atomic E-state index is 12.5. The van der Waals surface area contributed by atoms with E-state index in [1.807, 2.05) is 18.2 Å². The largest absolute Gasteiger partial charge is 0.420 e. The van der Waals surface area contributed by atoms with Crippen LogP contribution in [0.4, 0.5) is 0 Å². The highest BCUT2D eigenvalue weighted by atomic mass is 35.5. The lowest BCUT2D eigenvalue weighted by molar-refractivity contribution is -0.123. The Kier molecular flexibility index (Phi) is 6.78. The first-order valence-corrected chi connectivity index (χ1v) is 11.2.